The van der Waals surface area contributed by atoms with E-state index in [0.717, 1.165) is 16.7 Å². The summed E-state index contributed by atoms with van der Waals surface area (Å²) in [5.74, 6) is 1.76. The second-order valence-corrected chi connectivity index (χ2v) is 5.10. The second kappa shape index (κ2) is 5.39. The van der Waals surface area contributed by atoms with Crippen LogP contribution in [-0.2, 0) is 4.79 Å². The number of benzene rings is 1. The number of aromatic hydroxyl groups is 1. The minimum Gasteiger partial charge on any atom is -0.507 e. The number of carbonyl (C=O) groups excluding carboxylic acids is 2. The highest BCUT2D eigenvalue weighted by Crippen LogP contribution is 2.34. The van der Waals surface area contributed by atoms with Crippen molar-refractivity contribution in [2.45, 2.75) is 0 Å². The molecule has 0 bridgehead atoms. The molecular weight excluding hydrogens is 286 g/mol. The van der Waals surface area contributed by atoms with Gasteiger partial charge in [0.05, 0.1) is 11.4 Å². The van der Waals surface area contributed by atoms with Crippen molar-refractivity contribution in [3.8, 4) is 18.1 Å². The summed E-state index contributed by atoms with van der Waals surface area (Å²) in [7, 11) is 0. The van der Waals surface area contributed by atoms with Gasteiger partial charge in [0.1, 0.15) is 5.75 Å². The lowest BCUT2D eigenvalue weighted by Crippen LogP contribution is -2.28. The number of halogens is 1. The molecule has 4 nitrogen and oxygen atoms in total. The Morgan fingerprint density at radius 2 is 2.21 bits per heavy atom. The molecule has 0 saturated carbocycles. The van der Waals surface area contributed by atoms with E-state index in [0.29, 0.717) is 10.6 Å². The van der Waals surface area contributed by atoms with Crippen molar-refractivity contribution in [2.75, 3.05) is 6.54 Å². The highest BCUT2D eigenvalue weighted by molar-refractivity contribution is 8.18. The molecule has 1 aromatic carbocycles. The zero-order chi connectivity index (χ0) is 14.0. The summed E-state index contributed by atoms with van der Waals surface area (Å²) < 4.78 is 0. The van der Waals surface area contributed by atoms with E-state index in [1.807, 2.05) is 0 Å². The number of amides is 2. The van der Waals surface area contributed by atoms with Gasteiger partial charge in [0.25, 0.3) is 11.1 Å². The minimum atomic E-state index is -0.465. The smallest absolute Gasteiger partial charge is 0.294 e. The van der Waals surface area contributed by atoms with Crippen molar-refractivity contribution in [1.29, 1.82) is 0 Å². The molecule has 0 radical (unpaired) electrons. The number of phenolic OH excluding ortho intramolecular Hbond substituents is 1. The Balaban J connectivity index is 2.35. The Labute approximate surface area is 119 Å². The van der Waals surface area contributed by atoms with Crippen LogP contribution in [0.4, 0.5) is 4.79 Å². The van der Waals surface area contributed by atoms with Crippen LogP contribution in [0.1, 0.15) is 5.56 Å². The van der Waals surface area contributed by atoms with Gasteiger partial charge in [-0.05, 0) is 36.0 Å². The van der Waals surface area contributed by atoms with Crippen LogP contribution in [0.2, 0.25) is 5.02 Å². The molecule has 19 heavy (non-hydrogen) atoms. The number of phenols is 1. The molecule has 2 rings (SSSR count). The summed E-state index contributed by atoms with van der Waals surface area (Å²) in [4.78, 5) is 24.7. The highest BCUT2D eigenvalue weighted by Gasteiger charge is 2.34. The molecule has 0 aliphatic carbocycles. The Morgan fingerprint density at radius 1 is 1.47 bits per heavy atom. The van der Waals surface area contributed by atoms with E-state index in [1.54, 1.807) is 0 Å². The first kappa shape index (κ1) is 13.5. The third kappa shape index (κ3) is 2.75. The number of carbonyl (C=O) groups is 2. The van der Waals surface area contributed by atoms with Crippen LogP contribution >= 0.6 is 23.4 Å². The van der Waals surface area contributed by atoms with E-state index >= 15 is 0 Å². The molecule has 2 amide bonds. The maximum absolute atomic E-state index is 11.9. The fraction of sp³-hybridized carbons (Fsp3) is 0.0769. The van der Waals surface area contributed by atoms with Gasteiger partial charge in [0, 0.05) is 10.6 Å². The van der Waals surface area contributed by atoms with E-state index < -0.39 is 11.1 Å². The van der Waals surface area contributed by atoms with Gasteiger partial charge in [-0.2, -0.15) is 0 Å². The van der Waals surface area contributed by atoms with Crippen molar-refractivity contribution < 1.29 is 14.7 Å². The molecule has 1 aromatic rings. The van der Waals surface area contributed by atoms with Gasteiger partial charge in [0.15, 0.2) is 0 Å². The lowest BCUT2D eigenvalue weighted by molar-refractivity contribution is -0.122. The highest BCUT2D eigenvalue weighted by atomic mass is 35.5. The van der Waals surface area contributed by atoms with Crippen molar-refractivity contribution >= 4 is 40.6 Å². The topological polar surface area (TPSA) is 57.6 Å². The first-order valence-electron chi connectivity index (χ1n) is 5.20. The van der Waals surface area contributed by atoms with Gasteiger partial charge >= 0.3 is 0 Å². The zero-order valence-corrected chi connectivity index (χ0v) is 11.2. The van der Waals surface area contributed by atoms with Crippen molar-refractivity contribution in [1.82, 2.24) is 4.90 Å². The number of nitrogens with zero attached hydrogens (tertiary/aromatic N) is 1. The third-order valence-electron chi connectivity index (χ3n) is 2.40. The first-order valence-corrected chi connectivity index (χ1v) is 6.39. The largest absolute Gasteiger partial charge is 0.507 e. The van der Waals surface area contributed by atoms with E-state index in [2.05, 4.69) is 5.92 Å². The molecule has 1 aliphatic heterocycles. The Bertz CT molecular complexity index is 633. The van der Waals surface area contributed by atoms with Gasteiger partial charge in [0.2, 0.25) is 0 Å². The van der Waals surface area contributed by atoms with Crippen LogP contribution in [0.5, 0.6) is 5.75 Å². The van der Waals surface area contributed by atoms with Gasteiger partial charge < -0.3 is 5.11 Å². The molecule has 96 valence electrons. The summed E-state index contributed by atoms with van der Waals surface area (Å²) in [6.07, 6.45) is 6.51. The number of imide groups is 1. The Kier molecular flexibility index (Phi) is 3.84. The standard InChI is InChI=1S/C13H8ClNO3S/c1-2-5-15-12(17)11(19-13(15)18)7-8-6-9(14)3-4-10(8)16/h1,3-4,6-7,16H,5H2. The Morgan fingerprint density at radius 3 is 2.89 bits per heavy atom. The normalized spacial score (nSPS) is 17.1. The van der Waals surface area contributed by atoms with Gasteiger partial charge in [-0.3, -0.25) is 14.5 Å². The molecule has 0 spiro atoms. The molecular formula is C13H8ClNO3S. The van der Waals surface area contributed by atoms with Crippen LogP contribution in [-0.4, -0.2) is 27.7 Å². The number of hydrogen-bond donors (Lipinski definition) is 1. The fourth-order valence-electron chi connectivity index (χ4n) is 1.51. The number of hydrogen-bond acceptors (Lipinski definition) is 4. The van der Waals surface area contributed by atoms with Crippen LogP contribution in [0.3, 0.4) is 0 Å². The van der Waals surface area contributed by atoms with E-state index in [-0.39, 0.29) is 17.2 Å². The van der Waals surface area contributed by atoms with Gasteiger partial charge in [-0.15, -0.1) is 6.42 Å². The predicted molar refractivity (Wildman–Crippen MR) is 74.6 cm³/mol. The monoisotopic (exact) mass is 293 g/mol. The van der Waals surface area contributed by atoms with Crippen molar-refractivity contribution in [2.24, 2.45) is 0 Å². The molecule has 1 fully saturated rings. The average Bonchev–Trinajstić information content (AvgIpc) is 2.62. The van der Waals surface area contributed by atoms with Gasteiger partial charge in [-0.1, -0.05) is 17.5 Å². The second-order valence-electron chi connectivity index (χ2n) is 3.68. The van der Waals surface area contributed by atoms with E-state index in [4.69, 9.17) is 18.0 Å². The predicted octanol–water partition coefficient (Wildman–Crippen LogP) is 2.72. The van der Waals surface area contributed by atoms with Gasteiger partial charge in [-0.25, -0.2) is 0 Å². The molecule has 1 heterocycles. The quantitative estimate of drug-likeness (QED) is 0.673. The van der Waals surface area contributed by atoms with Crippen LogP contribution in [0, 0.1) is 12.3 Å². The summed E-state index contributed by atoms with van der Waals surface area (Å²) >= 11 is 6.59. The number of thioether (sulfide) groups is 1. The molecule has 0 unspecified atom stereocenters. The molecule has 6 heteroatoms. The number of rotatable bonds is 2. The van der Waals surface area contributed by atoms with Crippen molar-refractivity contribution in [3.63, 3.8) is 0 Å². The maximum atomic E-state index is 11.9. The van der Waals surface area contributed by atoms with Crippen molar-refractivity contribution in [3.05, 3.63) is 33.7 Å². The van der Waals surface area contributed by atoms with Crippen LogP contribution in [0.25, 0.3) is 6.08 Å². The minimum absolute atomic E-state index is 0.0202. The van der Waals surface area contributed by atoms with E-state index in [1.165, 1.54) is 24.3 Å². The third-order valence-corrected chi connectivity index (χ3v) is 3.54. The average molecular weight is 294 g/mol. The van der Waals surface area contributed by atoms with Crippen LogP contribution in [0.15, 0.2) is 23.1 Å². The molecule has 1 saturated heterocycles. The maximum Gasteiger partial charge on any atom is 0.294 e. The molecule has 1 aliphatic rings. The molecule has 0 atom stereocenters. The molecule has 0 aromatic heterocycles. The summed E-state index contributed by atoms with van der Waals surface area (Å²) in [5, 5.41) is 9.66. The lowest BCUT2D eigenvalue weighted by atomic mass is 10.2. The fourth-order valence-corrected chi connectivity index (χ4v) is 2.52. The Hall–Kier alpha value is -1.90. The summed E-state index contributed by atoms with van der Waals surface area (Å²) in [5.41, 5.74) is 0.374. The summed E-state index contributed by atoms with van der Waals surface area (Å²) in [6.45, 7) is -0.0659. The van der Waals surface area contributed by atoms with Crippen LogP contribution < -0.4 is 0 Å². The zero-order valence-electron chi connectivity index (χ0n) is 9.59. The summed E-state index contributed by atoms with van der Waals surface area (Å²) in [6, 6.07) is 4.45. The number of terminal acetylenes is 1. The first-order chi connectivity index (χ1) is 9.02. The van der Waals surface area contributed by atoms with E-state index in [9.17, 15) is 14.7 Å². The SMILES string of the molecule is C#CCN1C(=O)SC(=Cc2cc(Cl)ccc2O)C1=O. The molecule has 1 N–H and O–H groups in total. The lowest BCUT2D eigenvalue weighted by Gasteiger charge is -2.06.